The second-order valence-corrected chi connectivity index (χ2v) is 33.8. The average molecular weight is 815 g/mol. The van der Waals surface area contributed by atoms with E-state index in [-0.39, 0.29) is 18.6 Å². The van der Waals surface area contributed by atoms with E-state index in [1.54, 1.807) is 3.59 Å². The van der Waals surface area contributed by atoms with Crippen LogP contribution in [0.1, 0.15) is 126 Å². The molecule has 50 heavy (non-hydrogen) atoms. The van der Waals surface area contributed by atoms with Gasteiger partial charge in [0.15, 0.2) is 0 Å². The van der Waals surface area contributed by atoms with Crippen LogP contribution in [0.25, 0.3) is 0 Å². The number of hydrogen-bond acceptors (Lipinski definition) is 4. The van der Waals surface area contributed by atoms with E-state index >= 15 is 4.79 Å². The first-order chi connectivity index (χ1) is 23.9. The number of ether oxygens (including phenoxy) is 1. The molecule has 1 aromatic carbocycles. The van der Waals surface area contributed by atoms with Crippen molar-refractivity contribution >= 4 is 38.7 Å². The zero-order valence-corrected chi connectivity index (χ0v) is 37.6. The van der Waals surface area contributed by atoms with Crippen LogP contribution in [-0.2, 0) is 20.4 Å². The number of unbranched alkanes of at least 4 members (excludes halogenated alkanes) is 3. The van der Waals surface area contributed by atoms with Crippen LogP contribution in [0, 0.1) is 5.92 Å². The van der Waals surface area contributed by atoms with Crippen molar-refractivity contribution in [2.75, 3.05) is 6.61 Å². The van der Waals surface area contributed by atoms with E-state index in [2.05, 4.69) is 99.6 Å². The third kappa shape index (κ3) is 13.4. The Kier molecular flexibility index (Phi) is 20.6. The summed E-state index contributed by atoms with van der Waals surface area (Å²) in [5, 5.41) is 0. The molecular formula is C43H73NO4SiSn. The summed E-state index contributed by atoms with van der Waals surface area (Å²) in [7, 11) is -2.16. The van der Waals surface area contributed by atoms with Crippen molar-refractivity contribution < 1.29 is 18.8 Å². The van der Waals surface area contributed by atoms with E-state index in [4.69, 9.17) is 9.16 Å². The van der Waals surface area contributed by atoms with Crippen molar-refractivity contribution in [3.8, 4) is 0 Å². The van der Waals surface area contributed by atoms with Gasteiger partial charge in [-0.1, -0.05) is 0 Å². The monoisotopic (exact) mass is 815 g/mol. The van der Waals surface area contributed by atoms with Gasteiger partial charge in [0, 0.05) is 0 Å². The van der Waals surface area contributed by atoms with Gasteiger partial charge < -0.3 is 0 Å². The Morgan fingerprint density at radius 2 is 1.46 bits per heavy atom. The second kappa shape index (κ2) is 23.1. The number of benzene rings is 1. The van der Waals surface area contributed by atoms with Crippen molar-refractivity contribution in [2.45, 2.75) is 171 Å². The molecule has 0 spiro atoms. The quantitative estimate of drug-likeness (QED) is 0.0770. The van der Waals surface area contributed by atoms with Gasteiger partial charge in [0.1, 0.15) is 0 Å². The van der Waals surface area contributed by atoms with Gasteiger partial charge >= 0.3 is 314 Å². The van der Waals surface area contributed by atoms with Crippen LogP contribution in [0.3, 0.4) is 0 Å². The number of hydrogen-bond donors (Lipinski definition) is 0. The van der Waals surface area contributed by atoms with Gasteiger partial charge in [-0.3, -0.25) is 0 Å². The van der Waals surface area contributed by atoms with Gasteiger partial charge in [0.25, 0.3) is 0 Å². The Morgan fingerprint density at radius 1 is 0.900 bits per heavy atom. The van der Waals surface area contributed by atoms with E-state index < -0.39 is 44.8 Å². The predicted octanol–water partition coefficient (Wildman–Crippen LogP) is 12.6. The molecule has 5 nitrogen and oxygen atoms in total. The molecule has 2 amide bonds. The number of allylic oxidation sites excluding steroid dienone is 4. The van der Waals surface area contributed by atoms with Crippen molar-refractivity contribution in [1.29, 1.82) is 0 Å². The van der Waals surface area contributed by atoms with E-state index in [9.17, 15) is 4.79 Å². The van der Waals surface area contributed by atoms with Crippen molar-refractivity contribution in [3.63, 3.8) is 0 Å². The maximum atomic E-state index is 15.1. The minimum absolute atomic E-state index is 0.174. The number of cyclic esters (lactones) is 1. The summed E-state index contributed by atoms with van der Waals surface area (Å²) >= 11 is -2.83. The van der Waals surface area contributed by atoms with Gasteiger partial charge in [-0.2, -0.15) is 0 Å². The predicted molar refractivity (Wildman–Crippen MR) is 219 cm³/mol. The summed E-state index contributed by atoms with van der Waals surface area (Å²) < 4.78 is 18.8. The molecule has 1 fully saturated rings. The summed E-state index contributed by atoms with van der Waals surface area (Å²) in [6.45, 7) is 22.8. The second-order valence-electron chi connectivity index (χ2n) is 15.3. The number of imide groups is 1. The molecule has 1 saturated heterocycles. The molecule has 1 aromatic rings. The Balaban J connectivity index is 2.82. The number of nitrogens with zero attached hydrogens (tertiary/aromatic N) is 1. The van der Waals surface area contributed by atoms with E-state index in [1.165, 1.54) is 67.9 Å². The van der Waals surface area contributed by atoms with E-state index in [1.807, 2.05) is 18.2 Å². The molecule has 0 N–H and O–H groups in total. The third-order valence-corrected chi connectivity index (χ3v) is 32.4. The Morgan fingerprint density at radius 3 is 1.96 bits per heavy atom. The normalized spacial score (nSPS) is 17.1. The first-order valence-electron chi connectivity index (χ1n) is 20.2. The van der Waals surface area contributed by atoms with Gasteiger partial charge in [-0.25, -0.2) is 0 Å². The average Bonchev–Trinajstić information content (AvgIpc) is 3.47. The van der Waals surface area contributed by atoms with Gasteiger partial charge in [0.05, 0.1) is 0 Å². The van der Waals surface area contributed by atoms with E-state index in [0.29, 0.717) is 6.42 Å². The Bertz CT molecular complexity index is 1220. The standard InChI is InChI=1S/C31H46NO4Si.3C4H9.Sn/c1-8-16-29(36-37(9-2,10-3)11-4)28(21-25(7)18-15-17-24(5)6)30(33)32-27(23-35-31(32)34)22-26-19-13-12-14-20-26;3*1-3-4-2;/h12-14,16-17,19-21,27-29H,9-11,15,18,22-23H2,1-7H3;3*1,3-4H2,2H3;/b16-8?,25-21-;;;;/t27-,28-,29+;;;;/m1..../s1. The molecule has 0 radical (unpaired) electrons. The van der Waals surface area contributed by atoms with Gasteiger partial charge in [-0.15, -0.1) is 0 Å². The molecule has 2 rings (SSSR count). The number of rotatable bonds is 24. The Hall–Kier alpha value is -1.64. The molecule has 0 saturated carbocycles. The fourth-order valence-corrected chi connectivity index (χ4v) is 26.3. The van der Waals surface area contributed by atoms with Crippen LogP contribution in [0.4, 0.5) is 4.79 Å². The van der Waals surface area contributed by atoms with Crippen LogP contribution in [-0.4, -0.2) is 62.3 Å². The molecule has 0 bridgehead atoms. The zero-order chi connectivity index (χ0) is 37.2. The van der Waals surface area contributed by atoms with Crippen molar-refractivity contribution in [3.05, 3.63) is 68.9 Å². The van der Waals surface area contributed by atoms with E-state index in [0.717, 1.165) is 36.5 Å². The summed E-state index contributed by atoms with van der Waals surface area (Å²) in [6, 6.07) is 12.8. The molecular weight excluding hydrogens is 741 g/mol. The number of carbonyl (C=O) groups is 2. The fourth-order valence-electron chi connectivity index (χ4n) is 7.65. The van der Waals surface area contributed by atoms with Crippen molar-refractivity contribution in [1.82, 2.24) is 4.90 Å². The van der Waals surface area contributed by atoms with Crippen molar-refractivity contribution in [2.24, 2.45) is 5.92 Å². The topological polar surface area (TPSA) is 55.8 Å². The van der Waals surface area contributed by atoms with Gasteiger partial charge in [-0.05, 0) is 0 Å². The fraction of sp³-hybridized carbons (Fsp3) is 0.674. The summed E-state index contributed by atoms with van der Waals surface area (Å²) in [4.78, 5) is 30.0. The molecule has 0 aliphatic carbocycles. The zero-order valence-electron chi connectivity index (χ0n) is 33.7. The molecule has 1 aliphatic rings. The summed E-state index contributed by atoms with van der Waals surface area (Å²) in [5.74, 6) is -0.767. The molecule has 0 unspecified atom stereocenters. The number of amides is 2. The van der Waals surface area contributed by atoms with Crippen LogP contribution in [0.2, 0.25) is 31.4 Å². The minimum atomic E-state index is -2.83. The van der Waals surface area contributed by atoms with Crippen LogP contribution in [0.5, 0.6) is 0 Å². The molecule has 1 heterocycles. The maximum absolute atomic E-state index is 15.1. The van der Waals surface area contributed by atoms with Crippen LogP contribution >= 0.6 is 0 Å². The number of carbonyl (C=O) groups excluding carboxylic acids is 2. The molecule has 0 aromatic heterocycles. The first-order valence-corrected chi connectivity index (χ1v) is 30.2. The molecule has 1 aliphatic heterocycles. The SMILES string of the molecule is CCC[CH2][Sn]([CH2]CCC)([CH2]CCC)/[C](C)=C\[C@H](O[Si](CC)(CC)CC)[C@@H](/C=C(/C)CCC=C(C)C)C(=O)N1C(=O)OC[C@H]1Cc1ccccc1. The Labute approximate surface area is 312 Å². The van der Waals surface area contributed by atoms with Crippen LogP contribution in [0.15, 0.2) is 63.3 Å². The third-order valence-electron chi connectivity index (χ3n) is 11.3. The summed E-state index contributed by atoms with van der Waals surface area (Å²) in [6.07, 6.45) is 15.8. The molecule has 282 valence electrons. The molecule has 7 heteroatoms. The summed E-state index contributed by atoms with van der Waals surface area (Å²) in [5.41, 5.74) is 3.56. The van der Waals surface area contributed by atoms with Gasteiger partial charge in [0.2, 0.25) is 0 Å². The van der Waals surface area contributed by atoms with Crippen LogP contribution < -0.4 is 0 Å². The molecule has 3 atom stereocenters. The first kappa shape index (κ1) is 44.5.